The first-order valence-corrected chi connectivity index (χ1v) is 9.57. The predicted molar refractivity (Wildman–Crippen MR) is 110 cm³/mol. The molecule has 4 rings (SSSR count). The molecule has 2 aromatic heterocycles. The van der Waals surface area contributed by atoms with Crippen LogP contribution in [0.5, 0.6) is 5.75 Å². The van der Waals surface area contributed by atoms with Gasteiger partial charge in [-0.05, 0) is 41.1 Å². The molecule has 0 atom stereocenters. The number of aromatic nitrogens is 6. The molecule has 0 aliphatic carbocycles. The number of tetrazole rings is 1. The second-order valence-corrected chi connectivity index (χ2v) is 6.59. The Balaban J connectivity index is 1.37. The van der Waals surface area contributed by atoms with Crippen molar-refractivity contribution in [1.82, 2.24) is 30.0 Å². The van der Waals surface area contributed by atoms with Gasteiger partial charge in [0.2, 0.25) is 0 Å². The molecule has 4 aromatic rings. The number of aryl methyl sites for hydroxylation is 1. The summed E-state index contributed by atoms with van der Waals surface area (Å²) >= 11 is 0. The summed E-state index contributed by atoms with van der Waals surface area (Å²) in [5, 5.41) is 18.6. The molecule has 0 aliphatic rings. The molecule has 9 nitrogen and oxygen atoms in total. The third-order valence-electron chi connectivity index (χ3n) is 4.45. The van der Waals surface area contributed by atoms with Crippen molar-refractivity contribution in [2.45, 2.75) is 26.6 Å². The molecule has 1 N–H and O–H groups in total. The van der Waals surface area contributed by atoms with Gasteiger partial charge in [0.25, 0.3) is 5.91 Å². The Labute approximate surface area is 173 Å². The third kappa shape index (κ3) is 4.69. The van der Waals surface area contributed by atoms with Crippen LogP contribution in [0.1, 0.15) is 28.7 Å². The van der Waals surface area contributed by atoms with Gasteiger partial charge in [0.05, 0.1) is 18.4 Å². The van der Waals surface area contributed by atoms with Crippen LogP contribution in [-0.2, 0) is 19.7 Å². The minimum absolute atomic E-state index is 0.220. The van der Waals surface area contributed by atoms with Crippen LogP contribution in [0.15, 0.2) is 67.0 Å². The summed E-state index contributed by atoms with van der Waals surface area (Å²) in [7, 11) is 0. The van der Waals surface area contributed by atoms with Gasteiger partial charge in [-0.2, -0.15) is 5.10 Å². The lowest BCUT2D eigenvalue weighted by Crippen LogP contribution is -2.12. The van der Waals surface area contributed by atoms with E-state index in [2.05, 4.69) is 25.9 Å². The molecule has 30 heavy (non-hydrogen) atoms. The lowest BCUT2D eigenvalue weighted by atomic mass is 10.2. The van der Waals surface area contributed by atoms with Crippen molar-refractivity contribution in [1.29, 1.82) is 0 Å². The Morgan fingerprint density at radius 2 is 2.00 bits per heavy atom. The van der Waals surface area contributed by atoms with Crippen LogP contribution in [0.3, 0.4) is 0 Å². The van der Waals surface area contributed by atoms with Crippen molar-refractivity contribution in [3.8, 4) is 5.75 Å². The lowest BCUT2D eigenvalue weighted by Gasteiger charge is -2.08. The van der Waals surface area contributed by atoms with E-state index in [1.54, 1.807) is 46.0 Å². The molecular formula is C21H21N7O2. The van der Waals surface area contributed by atoms with Crippen LogP contribution in [0.25, 0.3) is 0 Å². The van der Waals surface area contributed by atoms with Crippen molar-refractivity contribution in [3.63, 3.8) is 0 Å². The summed E-state index contributed by atoms with van der Waals surface area (Å²) < 4.78 is 9.18. The van der Waals surface area contributed by atoms with Gasteiger partial charge >= 0.3 is 0 Å². The van der Waals surface area contributed by atoms with E-state index in [-0.39, 0.29) is 12.5 Å². The summed E-state index contributed by atoms with van der Waals surface area (Å²) in [6, 6.07) is 17.0. The molecule has 0 unspecified atom stereocenters. The van der Waals surface area contributed by atoms with Gasteiger partial charge in [0.15, 0.2) is 5.82 Å². The predicted octanol–water partition coefficient (Wildman–Crippen LogP) is 2.77. The number of rotatable bonds is 8. The zero-order valence-corrected chi connectivity index (χ0v) is 16.5. The zero-order chi connectivity index (χ0) is 20.8. The van der Waals surface area contributed by atoms with Crippen LogP contribution in [0, 0.1) is 0 Å². The second-order valence-electron chi connectivity index (χ2n) is 6.59. The van der Waals surface area contributed by atoms with Crippen molar-refractivity contribution in [2.24, 2.45) is 0 Å². The van der Waals surface area contributed by atoms with E-state index in [4.69, 9.17) is 4.74 Å². The highest BCUT2D eigenvalue weighted by Crippen LogP contribution is 2.16. The smallest absolute Gasteiger partial charge is 0.255 e. The van der Waals surface area contributed by atoms with Crippen molar-refractivity contribution in [2.75, 3.05) is 5.32 Å². The average Bonchev–Trinajstić information content (AvgIpc) is 3.42. The molecule has 0 aliphatic heterocycles. The number of hydrogen-bond acceptors (Lipinski definition) is 6. The molecule has 1 amide bonds. The highest BCUT2D eigenvalue weighted by Gasteiger charge is 2.10. The Morgan fingerprint density at radius 3 is 2.83 bits per heavy atom. The summed E-state index contributed by atoms with van der Waals surface area (Å²) in [4.78, 5) is 12.6. The fraction of sp³-hybridized carbons (Fsp3) is 0.190. The van der Waals surface area contributed by atoms with E-state index in [9.17, 15) is 4.79 Å². The van der Waals surface area contributed by atoms with Gasteiger partial charge in [-0.25, -0.2) is 4.68 Å². The minimum atomic E-state index is -0.238. The Bertz CT molecular complexity index is 1120. The number of benzene rings is 2. The second kappa shape index (κ2) is 8.99. The molecule has 0 bridgehead atoms. The topological polar surface area (TPSA) is 99.8 Å². The molecule has 2 aromatic carbocycles. The Morgan fingerprint density at radius 1 is 1.13 bits per heavy atom. The van der Waals surface area contributed by atoms with Crippen LogP contribution < -0.4 is 10.1 Å². The molecule has 0 radical (unpaired) electrons. The van der Waals surface area contributed by atoms with Crippen molar-refractivity contribution < 1.29 is 9.53 Å². The van der Waals surface area contributed by atoms with Crippen LogP contribution in [0.2, 0.25) is 0 Å². The molecule has 152 valence electrons. The molecule has 9 heteroatoms. The fourth-order valence-corrected chi connectivity index (χ4v) is 2.94. The van der Waals surface area contributed by atoms with Crippen molar-refractivity contribution in [3.05, 3.63) is 83.9 Å². The molecule has 0 fully saturated rings. The lowest BCUT2D eigenvalue weighted by molar-refractivity contribution is 0.102. The molecule has 2 heterocycles. The summed E-state index contributed by atoms with van der Waals surface area (Å²) in [5.74, 6) is 0.948. The SMILES string of the molecule is CCn1nnnc1COc1cccc(C(=O)Nc2cnn(Cc3ccccc3)c2)c1. The standard InChI is InChI=1S/C21H21N7O2/c1-2-28-20(24-25-26-28)15-30-19-10-6-9-17(11-19)21(29)23-18-12-22-27(14-18)13-16-7-4-3-5-8-16/h3-12,14H,2,13,15H2,1H3,(H,23,29). The van der Waals surface area contributed by atoms with E-state index in [1.165, 1.54) is 0 Å². The van der Waals surface area contributed by atoms with Crippen LogP contribution in [-0.4, -0.2) is 35.9 Å². The van der Waals surface area contributed by atoms with Crippen LogP contribution >= 0.6 is 0 Å². The monoisotopic (exact) mass is 403 g/mol. The van der Waals surface area contributed by atoms with Gasteiger partial charge in [0, 0.05) is 18.3 Å². The van der Waals surface area contributed by atoms with Gasteiger partial charge in [-0.15, -0.1) is 5.10 Å². The van der Waals surface area contributed by atoms with Crippen molar-refractivity contribution >= 4 is 11.6 Å². The normalized spacial score (nSPS) is 10.7. The number of carbonyl (C=O) groups excluding carboxylic acids is 1. The Hall–Kier alpha value is -4.01. The summed E-state index contributed by atoms with van der Waals surface area (Å²) in [6.07, 6.45) is 3.43. The first kappa shape index (κ1) is 19.3. The first-order chi connectivity index (χ1) is 14.7. The quantitative estimate of drug-likeness (QED) is 0.486. The van der Waals surface area contributed by atoms with E-state index in [0.29, 0.717) is 35.9 Å². The minimum Gasteiger partial charge on any atom is -0.486 e. The maximum atomic E-state index is 12.6. The fourth-order valence-electron chi connectivity index (χ4n) is 2.94. The van der Waals surface area contributed by atoms with Gasteiger partial charge in [0.1, 0.15) is 12.4 Å². The maximum Gasteiger partial charge on any atom is 0.255 e. The Kier molecular flexibility index (Phi) is 5.79. The summed E-state index contributed by atoms with van der Waals surface area (Å²) in [5.41, 5.74) is 2.25. The highest BCUT2D eigenvalue weighted by molar-refractivity contribution is 6.04. The first-order valence-electron chi connectivity index (χ1n) is 9.57. The number of ether oxygens (including phenoxy) is 1. The number of nitrogens with one attached hydrogen (secondary N) is 1. The zero-order valence-electron chi connectivity index (χ0n) is 16.5. The maximum absolute atomic E-state index is 12.6. The van der Waals surface area contributed by atoms with E-state index in [0.717, 1.165) is 5.56 Å². The third-order valence-corrected chi connectivity index (χ3v) is 4.45. The molecule has 0 spiro atoms. The number of anilines is 1. The molecule has 0 saturated heterocycles. The largest absolute Gasteiger partial charge is 0.486 e. The molecular weight excluding hydrogens is 382 g/mol. The van der Waals surface area contributed by atoms with E-state index in [1.807, 2.05) is 37.3 Å². The number of carbonyl (C=O) groups is 1. The average molecular weight is 403 g/mol. The highest BCUT2D eigenvalue weighted by atomic mass is 16.5. The van der Waals surface area contributed by atoms with Gasteiger partial charge in [-0.3, -0.25) is 9.48 Å². The van der Waals surface area contributed by atoms with E-state index < -0.39 is 0 Å². The molecule has 0 saturated carbocycles. The van der Waals surface area contributed by atoms with E-state index >= 15 is 0 Å². The number of nitrogens with zero attached hydrogens (tertiary/aromatic N) is 6. The number of amides is 1. The van der Waals surface area contributed by atoms with Gasteiger partial charge < -0.3 is 10.1 Å². The van der Waals surface area contributed by atoms with Crippen LogP contribution in [0.4, 0.5) is 5.69 Å². The summed E-state index contributed by atoms with van der Waals surface area (Å²) in [6.45, 7) is 3.47. The number of hydrogen-bond donors (Lipinski definition) is 1. The van der Waals surface area contributed by atoms with Gasteiger partial charge in [-0.1, -0.05) is 36.4 Å².